The maximum atomic E-state index is 14.5. The minimum Gasteiger partial charge on any atom is -0.483 e. The van der Waals surface area contributed by atoms with E-state index in [1.165, 1.54) is 6.07 Å². The molecule has 2 saturated heterocycles. The molecular weight excluding hydrogens is 612 g/mol. The monoisotopic (exact) mass is 652 g/mol. The van der Waals surface area contributed by atoms with Crippen LogP contribution in [0.25, 0.3) is 10.1 Å². The lowest BCUT2D eigenvalue weighted by molar-refractivity contribution is -0.217. The van der Waals surface area contributed by atoms with Crippen LogP contribution in [-0.2, 0) is 38.1 Å². The van der Waals surface area contributed by atoms with Gasteiger partial charge in [-0.3, -0.25) is 14.4 Å². The minimum atomic E-state index is -1.56. The molecule has 1 aromatic heterocycles. The van der Waals surface area contributed by atoms with Crippen molar-refractivity contribution >= 4 is 45.3 Å². The topological polar surface area (TPSA) is 132 Å². The summed E-state index contributed by atoms with van der Waals surface area (Å²) in [5.41, 5.74) is -6.73. The van der Waals surface area contributed by atoms with Gasteiger partial charge in [0.15, 0.2) is 12.2 Å². The number of esters is 4. The van der Waals surface area contributed by atoms with E-state index < -0.39 is 74.5 Å². The summed E-state index contributed by atoms with van der Waals surface area (Å²) >= 11 is 0.980. The molecule has 6 atom stereocenters. The van der Waals surface area contributed by atoms with Gasteiger partial charge in [-0.05, 0) is 89.5 Å². The molecule has 4 bridgehead atoms. The largest absolute Gasteiger partial charge is 0.483 e. The first-order valence-corrected chi connectivity index (χ1v) is 16.7. The Morgan fingerprint density at radius 1 is 0.761 bits per heavy atom. The van der Waals surface area contributed by atoms with Crippen molar-refractivity contribution in [3.63, 3.8) is 0 Å². The highest BCUT2D eigenvalue weighted by Crippen LogP contribution is 2.67. The third-order valence-corrected chi connectivity index (χ3v) is 14.0. The molecule has 7 rings (SSSR count). The predicted octanol–water partition coefficient (Wildman–Crippen LogP) is 5.48. The SMILES string of the molecule is Cc1cc(=O)sc2c3c(ccc12)OC(C)(C)[C@H](OC(=O)[C@@]12CC[C@@](C)(C(=O)O1)C2(C)C)[C@@H]3OC(=O)[C@@]12CC[C@@](C)(C(=O)O1)C2(C)C. The standard InChI is InChI=1S/C35H40O10S/c1-17-16-20(36)46-23-18(17)10-11-19-21(23)22(41-27(39)34-14-12-32(8,25(37)44-34)30(34,4)5)24(29(2,3)43-19)42-28(40)35-15-13-33(9,26(38)45-35)31(35,6)7/h10-11,16,22,24H,12-15H2,1-9H3/t22-,24-,32+,33+,34-,35-/m1/s1. The van der Waals surface area contributed by atoms with E-state index in [0.717, 1.165) is 22.3 Å². The number of carbonyl (C=O) groups excluding carboxylic acids is 4. The van der Waals surface area contributed by atoms with Crippen LogP contribution in [0.3, 0.4) is 0 Å². The minimum absolute atomic E-state index is 0.207. The summed E-state index contributed by atoms with van der Waals surface area (Å²) in [6.07, 6.45) is -1.01. The van der Waals surface area contributed by atoms with Gasteiger partial charge in [0.25, 0.3) is 0 Å². The second kappa shape index (κ2) is 8.90. The molecule has 0 amide bonds. The van der Waals surface area contributed by atoms with Gasteiger partial charge >= 0.3 is 23.9 Å². The Hall–Kier alpha value is -3.47. The number of ether oxygens (including phenoxy) is 5. The molecule has 2 aliphatic carbocycles. The molecule has 2 saturated carbocycles. The van der Waals surface area contributed by atoms with Gasteiger partial charge in [0.2, 0.25) is 15.9 Å². The first-order chi connectivity index (χ1) is 21.2. The van der Waals surface area contributed by atoms with Crippen LogP contribution in [0.15, 0.2) is 23.0 Å². The molecule has 1 aromatic carbocycles. The third kappa shape index (κ3) is 3.40. The average molecular weight is 653 g/mol. The second-order valence-electron chi connectivity index (χ2n) is 15.8. The van der Waals surface area contributed by atoms with Gasteiger partial charge in [-0.25, -0.2) is 9.59 Å². The van der Waals surface area contributed by atoms with Crippen molar-refractivity contribution in [2.24, 2.45) is 21.7 Å². The van der Waals surface area contributed by atoms with Crippen LogP contribution >= 0.6 is 11.3 Å². The van der Waals surface area contributed by atoms with Crippen LogP contribution in [0.1, 0.15) is 98.3 Å². The van der Waals surface area contributed by atoms with E-state index in [4.69, 9.17) is 23.7 Å². The Kier molecular flexibility index (Phi) is 6.03. The fourth-order valence-corrected chi connectivity index (χ4v) is 9.85. The van der Waals surface area contributed by atoms with Crippen molar-refractivity contribution < 1.29 is 42.9 Å². The second-order valence-corrected chi connectivity index (χ2v) is 16.8. The van der Waals surface area contributed by atoms with Gasteiger partial charge in [-0.15, -0.1) is 0 Å². The number of rotatable bonds is 4. The Bertz CT molecular complexity index is 1840. The van der Waals surface area contributed by atoms with Crippen molar-refractivity contribution in [3.8, 4) is 5.75 Å². The Labute approximate surface area is 271 Å². The zero-order valence-electron chi connectivity index (χ0n) is 27.7. The van der Waals surface area contributed by atoms with Crippen LogP contribution in [0, 0.1) is 28.6 Å². The summed E-state index contributed by atoms with van der Waals surface area (Å²) in [5.74, 6) is -2.03. The van der Waals surface area contributed by atoms with E-state index in [1.807, 2.05) is 54.5 Å². The van der Waals surface area contributed by atoms with Crippen LogP contribution in [0.2, 0.25) is 0 Å². The summed E-state index contributed by atoms with van der Waals surface area (Å²) in [7, 11) is 0. The number of fused-ring (bicyclic) bond motifs is 7. The number of hydrogen-bond acceptors (Lipinski definition) is 11. The van der Waals surface area contributed by atoms with Crippen molar-refractivity contribution in [3.05, 3.63) is 38.9 Å². The molecule has 246 valence electrons. The first-order valence-electron chi connectivity index (χ1n) is 15.8. The molecule has 2 aromatic rings. The molecular formula is C35H40O10S. The van der Waals surface area contributed by atoms with Crippen molar-refractivity contribution in [2.75, 3.05) is 0 Å². The van der Waals surface area contributed by atoms with Crippen molar-refractivity contribution in [1.29, 1.82) is 0 Å². The van der Waals surface area contributed by atoms with Gasteiger partial charge in [0, 0.05) is 15.5 Å². The highest BCUT2D eigenvalue weighted by Gasteiger charge is 2.78. The molecule has 0 N–H and O–H groups in total. The smallest absolute Gasteiger partial charge is 0.351 e. The van der Waals surface area contributed by atoms with Crippen LogP contribution < -0.4 is 9.48 Å². The quantitative estimate of drug-likeness (QED) is 0.309. The Morgan fingerprint density at radius 2 is 1.28 bits per heavy atom. The molecule has 46 heavy (non-hydrogen) atoms. The fraction of sp³-hybridized carbons (Fsp3) is 0.629. The lowest BCUT2D eigenvalue weighted by atomic mass is 9.66. The fourth-order valence-electron chi connectivity index (χ4n) is 8.75. The van der Waals surface area contributed by atoms with Gasteiger partial charge in [-0.1, -0.05) is 39.0 Å². The van der Waals surface area contributed by atoms with E-state index in [-0.39, 0.29) is 17.6 Å². The van der Waals surface area contributed by atoms with Crippen LogP contribution in [-0.4, -0.2) is 46.8 Å². The lowest BCUT2D eigenvalue weighted by Crippen LogP contribution is -2.57. The average Bonchev–Trinajstić information content (AvgIpc) is 3.42. The highest BCUT2D eigenvalue weighted by atomic mass is 32.1. The van der Waals surface area contributed by atoms with E-state index in [0.29, 0.717) is 28.9 Å². The number of hydrogen-bond donors (Lipinski definition) is 0. The van der Waals surface area contributed by atoms with Crippen molar-refractivity contribution in [1.82, 2.24) is 0 Å². The Morgan fingerprint density at radius 3 is 1.76 bits per heavy atom. The molecule has 0 radical (unpaired) electrons. The maximum absolute atomic E-state index is 14.5. The third-order valence-electron chi connectivity index (χ3n) is 13.0. The molecule has 0 unspecified atom stereocenters. The zero-order chi connectivity index (χ0) is 33.6. The number of carbonyl (C=O) groups is 4. The lowest BCUT2D eigenvalue weighted by Gasteiger charge is -2.46. The van der Waals surface area contributed by atoms with Crippen molar-refractivity contribution in [2.45, 2.75) is 117 Å². The predicted molar refractivity (Wildman–Crippen MR) is 166 cm³/mol. The van der Waals surface area contributed by atoms with E-state index in [2.05, 4.69) is 0 Å². The molecule has 11 heteroatoms. The van der Waals surface area contributed by atoms with Crippen LogP contribution in [0.4, 0.5) is 0 Å². The molecule has 5 aliphatic rings. The number of benzene rings is 1. The summed E-state index contributed by atoms with van der Waals surface area (Å²) in [5, 5.41) is 0.757. The summed E-state index contributed by atoms with van der Waals surface area (Å²) in [4.78, 5) is 67.8. The molecule has 10 nitrogen and oxygen atoms in total. The molecule has 3 aliphatic heterocycles. The summed E-state index contributed by atoms with van der Waals surface area (Å²) in [6.45, 7) is 16.2. The first kappa shape index (κ1) is 31.1. The summed E-state index contributed by atoms with van der Waals surface area (Å²) in [6, 6.07) is 5.15. The molecule has 4 fully saturated rings. The molecule has 0 spiro atoms. The summed E-state index contributed by atoms with van der Waals surface area (Å²) < 4.78 is 31.3. The molecule has 4 heterocycles. The van der Waals surface area contributed by atoms with E-state index in [9.17, 15) is 24.0 Å². The van der Waals surface area contributed by atoms with Gasteiger partial charge in [-0.2, -0.15) is 0 Å². The van der Waals surface area contributed by atoms with Gasteiger partial charge < -0.3 is 23.7 Å². The van der Waals surface area contributed by atoms with Gasteiger partial charge in [0.1, 0.15) is 11.4 Å². The van der Waals surface area contributed by atoms with Crippen LogP contribution in [0.5, 0.6) is 5.75 Å². The van der Waals surface area contributed by atoms with E-state index in [1.54, 1.807) is 19.9 Å². The maximum Gasteiger partial charge on any atom is 0.351 e. The highest BCUT2D eigenvalue weighted by molar-refractivity contribution is 7.16. The normalized spacial score (nSPS) is 37.3. The zero-order valence-corrected chi connectivity index (χ0v) is 28.5. The van der Waals surface area contributed by atoms with E-state index >= 15 is 0 Å². The van der Waals surface area contributed by atoms with Gasteiger partial charge in [0.05, 0.1) is 16.4 Å². The number of aryl methyl sites for hydroxylation is 1. The Balaban J connectivity index is 1.37.